The molecule has 0 unspecified atom stereocenters. The first-order valence-electron chi connectivity index (χ1n) is 4.59. The molecule has 0 aliphatic heterocycles. The molecule has 0 aromatic heterocycles. The van der Waals surface area contributed by atoms with Crippen molar-refractivity contribution in [1.82, 2.24) is 0 Å². The predicted molar refractivity (Wildman–Crippen MR) is 53.7 cm³/mol. The lowest BCUT2D eigenvalue weighted by atomic mass is 10.1. The Kier molecular flexibility index (Phi) is 3.82. The van der Waals surface area contributed by atoms with Crippen molar-refractivity contribution in [2.75, 3.05) is 14.2 Å². The maximum Gasteiger partial charge on any atom is 0.377 e. The first kappa shape index (κ1) is 12.4. The van der Waals surface area contributed by atoms with Crippen LogP contribution in [-0.2, 0) is 16.0 Å². The molecule has 0 atom stereocenters. The standard InChI is InChI=1S/C11H12F2O3/c1-15-9-5-3-8(4-6-9)7-11(12,13)10(14)16-2/h3-6H,7H2,1-2H3. The third kappa shape index (κ3) is 2.92. The van der Waals surface area contributed by atoms with Crippen LogP contribution in [-0.4, -0.2) is 26.1 Å². The van der Waals surface area contributed by atoms with Gasteiger partial charge in [-0.05, 0) is 17.7 Å². The van der Waals surface area contributed by atoms with Gasteiger partial charge in [0.25, 0.3) is 0 Å². The van der Waals surface area contributed by atoms with Crippen LogP contribution in [0.4, 0.5) is 8.78 Å². The van der Waals surface area contributed by atoms with Crippen molar-refractivity contribution >= 4 is 5.97 Å². The molecule has 1 aromatic carbocycles. The zero-order valence-electron chi connectivity index (χ0n) is 9.00. The number of carbonyl (C=O) groups excluding carboxylic acids is 1. The number of hydrogen-bond donors (Lipinski definition) is 0. The zero-order valence-corrected chi connectivity index (χ0v) is 9.00. The molecule has 88 valence electrons. The average molecular weight is 230 g/mol. The van der Waals surface area contributed by atoms with Crippen LogP contribution >= 0.6 is 0 Å². The van der Waals surface area contributed by atoms with Crippen molar-refractivity contribution in [3.05, 3.63) is 29.8 Å². The Bertz CT molecular complexity index is 360. The minimum Gasteiger partial charge on any atom is -0.497 e. The molecule has 0 fully saturated rings. The molecule has 0 aliphatic rings. The van der Waals surface area contributed by atoms with Crippen LogP contribution in [0.1, 0.15) is 5.56 Å². The van der Waals surface area contributed by atoms with E-state index in [0.29, 0.717) is 11.3 Å². The summed E-state index contributed by atoms with van der Waals surface area (Å²) in [5, 5.41) is 0. The number of alkyl halides is 2. The fourth-order valence-electron chi connectivity index (χ4n) is 1.22. The van der Waals surface area contributed by atoms with E-state index in [1.54, 1.807) is 12.1 Å². The van der Waals surface area contributed by atoms with Gasteiger partial charge in [0, 0.05) is 6.42 Å². The second-order valence-electron chi connectivity index (χ2n) is 3.22. The SMILES string of the molecule is COC(=O)C(F)(F)Cc1ccc(OC)cc1. The highest BCUT2D eigenvalue weighted by atomic mass is 19.3. The van der Waals surface area contributed by atoms with E-state index < -0.39 is 18.3 Å². The van der Waals surface area contributed by atoms with Gasteiger partial charge >= 0.3 is 11.9 Å². The summed E-state index contributed by atoms with van der Waals surface area (Å²) < 4.78 is 35.3. The number of halogens is 2. The molecule has 5 heteroatoms. The highest BCUT2D eigenvalue weighted by Gasteiger charge is 2.40. The van der Waals surface area contributed by atoms with Gasteiger partial charge in [0.05, 0.1) is 14.2 Å². The molecule has 0 N–H and O–H groups in total. The van der Waals surface area contributed by atoms with E-state index in [1.807, 2.05) is 0 Å². The average Bonchev–Trinajstić information content (AvgIpc) is 2.28. The summed E-state index contributed by atoms with van der Waals surface area (Å²) in [5.41, 5.74) is 0.344. The fraction of sp³-hybridized carbons (Fsp3) is 0.364. The van der Waals surface area contributed by atoms with Gasteiger partial charge in [-0.15, -0.1) is 0 Å². The fourth-order valence-corrected chi connectivity index (χ4v) is 1.22. The van der Waals surface area contributed by atoms with E-state index in [-0.39, 0.29) is 0 Å². The molecule has 0 amide bonds. The van der Waals surface area contributed by atoms with Gasteiger partial charge in [-0.2, -0.15) is 8.78 Å². The quantitative estimate of drug-likeness (QED) is 0.742. The van der Waals surface area contributed by atoms with E-state index in [0.717, 1.165) is 7.11 Å². The van der Waals surface area contributed by atoms with Gasteiger partial charge < -0.3 is 9.47 Å². The summed E-state index contributed by atoms with van der Waals surface area (Å²) in [4.78, 5) is 10.8. The minimum absolute atomic E-state index is 0.344. The monoisotopic (exact) mass is 230 g/mol. The third-order valence-electron chi connectivity index (χ3n) is 2.07. The molecule has 3 nitrogen and oxygen atoms in total. The number of methoxy groups -OCH3 is 2. The predicted octanol–water partition coefficient (Wildman–Crippen LogP) is 2.05. The Morgan fingerprint density at radius 1 is 1.25 bits per heavy atom. The van der Waals surface area contributed by atoms with Crippen molar-refractivity contribution < 1.29 is 23.0 Å². The van der Waals surface area contributed by atoms with Gasteiger partial charge in [-0.25, -0.2) is 4.79 Å². The van der Waals surface area contributed by atoms with Crippen molar-refractivity contribution in [2.45, 2.75) is 12.3 Å². The zero-order chi connectivity index (χ0) is 12.2. The molecule has 0 saturated heterocycles. The Morgan fingerprint density at radius 2 is 1.81 bits per heavy atom. The molecule has 0 heterocycles. The lowest BCUT2D eigenvalue weighted by Crippen LogP contribution is -2.32. The highest BCUT2D eigenvalue weighted by molar-refractivity contribution is 5.77. The normalized spacial score (nSPS) is 11.0. The summed E-state index contributed by atoms with van der Waals surface area (Å²) in [6.45, 7) is 0. The minimum atomic E-state index is -3.50. The van der Waals surface area contributed by atoms with Crippen molar-refractivity contribution in [1.29, 1.82) is 0 Å². The lowest BCUT2D eigenvalue weighted by molar-refractivity contribution is -0.168. The van der Waals surface area contributed by atoms with Crippen molar-refractivity contribution in [2.24, 2.45) is 0 Å². The second kappa shape index (κ2) is 4.92. The molecule has 0 radical (unpaired) electrons. The Labute approximate surface area is 92.0 Å². The maximum absolute atomic E-state index is 13.2. The van der Waals surface area contributed by atoms with Crippen molar-refractivity contribution in [3.8, 4) is 5.75 Å². The van der Waals surface area contributed by atoms with Gasteiger partial charge in [0.15, 0.2) is 0 Å². The van der Waals surface area contributed by atoms with Crippen LogP contribution in [0.5, 0.6) is 5.75 Å². The molecule has 0 spiro atoms. The molecule has 16 heavy (non-hydrogen) atoms. The second-order valence-corrected chi connectivity index (χ2v) is 3.22. The smallest absolute Gasteiger partial charge is 0.377 e. The first-order chi connectivity index (χ1) is 7.49. The van der Waals surface area contributed by atoms with E-state index in [1.165, 1.54) is 19.2 Å². The van der Waals surface area contributed by atoms with Gasteiger partial charge in [0.2, 0.25) is 0 Å². The molecule has 0 aliphatic carbocycles. The Hall–Kier alpha value is -1.65. The van der Waals surface area contributed by atoms with E-state index in [2.05, 4.69) is 4.74 Å². The number of hydrogen-bond acceptors (Lipinski definition) is 3. The summed E-state index contributed by atoms with van der Waals surface area (Å²) in [5.74, 6) is -4.45. The molecular weight excluding hydrogens is 218 g/mol. The van der Waals surface area contributed by atoms with Crippen LogP contribution < -0.4 is 4.74 Å². The first-order valence-corrected chi connectivity index (χ1v) is 4.59. The summed E-state index contributed by atoms with van der Waals surface area (Å²) >= 11 is 0. The van der Waals surface area contributed by atoms with E-state index in [9.17, 15) is 13.6 Å². The molecule has 1 rings (SSSR count). The van der Waals surface area contributed by atoms with Gasteiger partial charge in [-0.1, -0.05) is 12.1 Å². The lowest BCUT2D eigenvalue weighted by Gasteiger charge is -2.13. The molecule has 0 bridgehead atoms. The van der Waals surface area contributed by atoms with Crippen LogP contribution in [0.2, 0.25) is 0 Å². The highest BCUT2D eigenvalue weighted by Crippen LogP contribution is 2.22. The Morgan fingerprint density at radius 3 is 2.25 bits per heavy atom. The number of esters is 1. The van der Waals surface area contributed by atoms with Gasteiger partial charge in [0.1, 0.15) is 5.75 Å². The van der Waals surface area contributed by atoms with Crippen molar-refractivity contribution in [3.63, 3.8) is 0 Å². The largest absolute Gasteiger partial charge is 0.497 e. The maximum atomic E-state index is 13.2. The molecule has 1 aromatic rings. The molecular formula is C11H12F2O3. The van der Waals surface area contributed by atoms with Crippen LogP contribution in [0.15, 0.2) is 24.3 Å². The third-order valence-corrected chi connectivity index (χ3v) is 2.07. The number of rotatable bonds is 4. The topological polar surface area (TPSA) is 35.5 Å². The Balaban J connectivity index is 2.76. The van der Waals surface area contributed by atoms with E-state index in [4.69, 9.17) is 4.74 Å². The van der Waals surface area contributed by atoms with E-state index >= 15 is 0 Å². The van der Waals surface area contributed by atoms with Crippen LogP contribution in [0.25, 0.3) is 0 Å². The number of carbonyl (C=O) groups is 1. The summed E-state index contributed by atoms with van der Waals surface area (Å²) in [6.07, 6.45) is -0.677. The van der Waals surface area contributed by atoms with Gasteiger partial charge in [-0.3, -0.25) is 0 Å². The van der Waals surface area contributed by atoms with Crippen LogP contribution in [0.3, 0.4) is 0 Å². The summed E-state index contributed by atoms with van der Waals surface area (Å²) in [6, 6.07) is 6.08. The number of benzene rings is 1. The number of ether oxygens (including phenoxy) is 2. The summed E-state index contributed by atoms with van der Waals surface area (Å²) in [7, 11) is 2.42. The molecule has 0 saturated carbocycles. The van der Waals surface area contributed by atoms with Crippen LogP contribution in [0, 0.1) is 0 Å².